The Morgan fingerprint density at radius 1 is 1.40 bits per heavy atom. The third kappa shape index (κ3) is 2.49. The number of halogens is 3. The molecular weight excluding hydrogens is 329 g/mol. The molecule has 0 amide bonds. The Hall–Kier alpha value is -0.620. The molecule has 0 saturated carbocycles. The van der Waals surface area contributed by atoms with Crippen molar-refractivity contribution in [2.24, 2.45) is 0 Å². The average Bonchev–Trinajstić information content (AvgIpc) is 2.59. The standard InChI is InChI=1S/C10H7ClFIN2/c11-10-7(2-1-3-8(10)12)6-15-5-4-9(13)14-15/h1-5H,6H2. The van der Waals surface area contributed by atoms with Crippen molar-refractivity contribution in [1.82, 2.24) is 9.78 Å². The Bertz CT molecular complexity index is 484. The zero-order chi connectivity index (χ0) is 10.8. The van der Waals surface area contributed by atoms with E-state index in [1.54, 1.807) is 16.8 Å². The molecule has 1 aromatic heterocycles. The molecule has 2 rings (SSSR count). The van der Waals surface area contributed by atoms with Crippen molar-refractivity contribution in [3.05, 3.63) is 50.6 Å². The maximum Gasteiger partial charge on any atom is 0.142 e. The number of hydrogen-bond acceptors (Lipinski definition) is 1. The van der Waals surface area contributed by atoms with E-state index in [4.69, 9.17) is 11.6 Å². The van der Waals surface area contributed by atoms with Gasteiger partial charge in [-0.3, -0.25) is 4.68 Å². The van der Waals surface area contributed by atoms with Crippen molar-refractivity contribution < 1.29 is 4.39 Å². The van der Waals surface area contributed by atoms with Crippen LogP contribution in [0.15, 0.2) is 30.5 Å². The molecule has 0 fully saturated rings. The van der Waals surface area contributed by atoms with Gasteiger partial charge >= 0.3 is 0 Å². The van der Waals surface area contributed by atoms with Crippen LogP contribution in [-0.2, 0) is 6.54 Å². The molecule has 0 spiro atoms. The van der Waals surface area contributed by atoms with Gasteiger partial charge in [0.1, 0.15) is 9.52 Å². The molecule has 0 radical (unpaired) electrons. The summed E-state index contributed by atoms with van der Waals surface area (Å²) in [5.74, 6) is -0.393. The first-order valence-corrected chi connectivity index (χ1v) is 5.74. The lowest BCUT2D eigenvalue weighted by Crippen LogP contribution is -2.01. The monoisotopic (exact) mass is 336 g/mol. The van der Waals surface area contributed by atoms with Crippen LogP contribution in [0, 0.1) is 9.52 Å². The molecular formula is C10H7ClFIN2. The third-order valence-corrected chi connectivity index (χ3v) is 2.97. The molecule has 0 N–H and O–H groups in total. The molecule has 0 aliphatic heterocycles. The van der Waals surface area contributed by atoms with E-state index in [0.717, 1.165) is 9.26 Å². The summed E-state index contributed by atoms with van der Waals surface area (Å²) in [4.78, 5) is 0. The minimum absolute atomic E-state index is 0.169. The van der Waals surface area contributed by atoms with Gasteiger partial charge in [0.05, 0.1) is 11.6 Å². The third-order valence-electron chi connectivity index (χ3n) is 1.97. The molecule has 0 saturated heterocycles. The van der Waals surface area contributed by atoms with Crippen LogP contribution < -0.4 is 0 Å². The van der Waals surface area contributed by atoms with Gasteiger partial charge in [-0.1, -0.05) is 23.7 Å². The molecule has 2 nitrogen and oxygen atoms in total. The van der Waals surface area contributed by atoms with E-state index in [0.29, 0.717) is 6.54 Å². The average molecular weight is 337 g/mol. The van der Waals surface area contributed by atoms with Crippen LogP contribution in [0.2, 0.25) is 5.02 Å². The molecule has 1 aromatic carbocycles. The number of benzene rings is 1. The summed E-state index contributed by atoms with van der Waals surface area (Å²) in [6, 6.07) is 6.66. The molecule has 2 aromatic rings. The second-order valence-electron chi connectivity index (χ2n) is 3.05. The number of rotatable bonds is 2. The number of nitrogens with zero attached hydrogens (tertiary/aromatic N) is 2. The topological polar surface area (TPSA) is 17.8 Å². The molecule has 5 heteroatoms. The van der Waals surface area contributed by atoms with E-state index in [1.165, 1.54) is 6.07 Å². The predicted molar refractivity (Wildman–Crippen MR) is 65.5 cm³/mol. The second-order valence-corrected chi connectivity index (χ2v) is 4.53. The van der Waals surface area contributed by atoms with Gasteiger partial charge in [-0.2, -0.15) is 5.10 Å². The van der Waals surface area contributed by atoms with Gasteiger partial charge in [0.2, 0.25) is 0 Å². The summed E-state index contributed by atoms with van der Waals surface area (Å²) in [5, 5.41) is 4.37. The lowest BCUT2D eigenvalue weighted by molar-refractivity contribution is 0.619. The summed E-state index contributed by atoms with van der Waals surface area (Å²) in [7, 11) is 0. The zero-order valence-electron chi connectivity index (χ0n) is 7.62. The van der Waals surface area contributed by atoms with Crippen molar-refractivity contribution in [3.8, 4) is 0 Å². The maximum atomic E-state index is 13.1. The van der Waals surface area contributed by atoms with Gasteiger partial charge in [0.25, 0.3) is 0 Å². The first kappa shape index (κ1) is 10.9. The molecule has 0 bridgehead atoms. The van der Waals surface area contributed by atoms with Crippen molar-refractivity contribution in [2.45, 2.75) is 6.54 Å². The molecule has 0 unspecified atom stereocenters. The van der Waals surface area contributed by atoms with Crippen molar-refractivity contribution in [1.29, 1.82) is 0 Å². The fraction of sp³-hybridized carbons (Fsp3) is 0.100. The molecule has 0 atom stereocenters. The van der Waals surface area contributed by atoms with Gasteiger partial charge in [0, 0.05) is 6.20 Å². The Balaban J connectivity index is 2.28. The van der Waals surface area contributed by atoms with Crippen LogP contribution in [0.25, 0.3) is 0 Å². The summed E-state index contributed by atoms with van der Waals surface area (Å²) in [5.41, 5.74) is 0.733. The highest BCUT2D eigenvalue weighted by Gasteiger charge is 2.06. The predicted octanol–water partition coefficient (Wildman–Crippen LogP) is 3.33. The van der Waals surface area contributed by atoms with Gasteiger partial charge in [0.15, 0.2) is 0 Å². The largest absolute Gasteiger partial charge is 0.267 e. The Kier molecular flexibility index (Phi) is 3.25. The Morgan fingerprint density at radius 2 is 2.20 bits per heavy atom. The van der Waals surface area contributed by atoms with E-state index >= 15 is 0 Å². The van der Waals surface area contributed by atoms with Gasteiger partial charge in [-0.05, 0) is 40.3 Å². The van der Waals surface area contributed by atoms with Crippen LogP contribution in [0.4, 0.5) is 4.39 Å². The van der Waals surface area contributed by atoms with Gasteiger partial charge < -0.3 is 0 Å². The van der Waals surface area contributed by atoms with Crippen LogP contribution >= 0.6 is 34.2 Å². The quantitative estimate of drug-likeness (QED) is 0.769. The van der Waals surface area contributed by atoms with E-state index in [9.17, 15) is 4.39 Å². The minimum Gasteiger partial charge on any atom is -0.267 e. The highest BCUT2D eigenvalue weighted by molar-refractivity contribution is 14.1. The lowest BCUT2D eigenvalue weighted by atomic mass is 10.2. The fourth-order valence-electron chi connectivity index (χ4n) is 1.27. The lowest BCUT2D eigenvalue weighted by Gasteiger charge is -2.04. The number of aromatic nitrogens is 2. The van der Waals surface area contributed by atoms with Crippen molar-refractivity contribution >= 4 is 34.2 Å². The summed E-state index contributed by atoms with van der Waals surface area (Å²) >= 11 is 7.95. The van der Waals surface area contributed by atoms with Gasteiger partial charge in [-0.15, -0.1) is 0 Å². The Labute approximate surface area is 105 Å². The summed E-state index contributed by atoms with van der Waals surface area (Å²) < 4.78 is 15.8. The summed E-state index contributed by atoms with van der Waals surface area (Å²) in [6.07, 6.45) is 1.84. The van der Waals surface area contributed by atoms with E-state index < -0.39 is 5.82 Å². The Morgan fingerprint density at radius 3 is 2.87 bits per heavy atom. The van der Waals surface area contributed by atoms with E-state index in [-0.39, 0.29) is 5.02 Å². The molecule has 78 valence electrons. The summed E-state index contributed by atoms with van der Waals surface area (Å²) in [6.45, 7) is 0.486. The van der Waals surface area contributed by atoms with Crippen LogP contribution in [0.5, 0.6) is 0 Å². The fourth-order valence-corrected chi connectivity index (χ4v) is 1.89. The normalized spacial score (nSPS) is 10.6. The van der Waals surface area contributed by atoms with Gasteiger partial charge in [-0.25, -0.2) is 4.39 Å². The van der Waals surface area contributed by atoms with Crippen LogP contribution in [0.3, 0.4) is 0 Å². The highest BCUT2D eigenvalue weighted by atomic mass is 127. The molecule has 15 heavy (non-hydrogen) atoms. The van der Waals surface area contributed by atoms with Crippen LogP contribution in [-0.4, -0.2) is 9.78 Å². The van der Waals surface area contributed by atoms with Crippen LogP contribution in [0.1, 0.15) is 5.56 Å². The minimum atomic E-state index is -0.393. The second kappa shape index (κ2) is 4.49. The van der Waals surface area contributed by atoms with Crippen molar-refractivity contribution in [2.75, 3.05) is 0 Å². The molecule has 0 aliphatic rings. The van der Waals surface area contributed by atoms with E-state index in [2.05, 4.69) is 27.7 Å². The maximum absolute atomic E-state index is 13.1. The zero-order valence-corrected chi connectivity index (χ0v) is 10.5. The van der Waals surface area contributed by atoms with E-state index in [1.807, 2.05) is 12.3 Å². The molecule has 0 aliphatic carbocycles. The number of hydrogen-bond donors (Lipinski definition) is 0. The SMILES string of the molecule is Fc1cccc(Cn2ccc(I)n2)c1Cl. The highest BCUT2D eigenvalue weighted by Crippen LogP contribution is 2.20. The van der Waals surface area contributed by atoms with Crippen molar-refractivity contribution in [3.63, 3.8) is 0 Å². The first-order valence-electron chi connectivity index (χ1n) is 4.28. The molecule has 1 heterocycles. The smallest absolute Gasteiger partial charge is 0.142 e. The first-order chi connectivity index (χ1) is 7.16.